The lowest BCUT2D eigenvalue weighted by atomic mass is 9.78. The van der Waals surface area contributed by atoms with Crippen molar-refractivity contribution >= 4 is 17.4 Å². The normalized spacial score (nSPS) is 26.5. The van der Waals surface area contributed by atoms with E-state index in [-0.39, 0.29) is 11.7 Å². The molecule has 0 saturated heterocycles. The fraction of sp³-hybridized carbons (Fsp3) is 0.235. The van der Waals surface area contributed by atoms with Crippen molar-refractivity contribution < 1.29 is 4.79 Å². The van der Waals surface area contributed by atoms with Gasteiger partial charge in [0.25, 0.3) is 0 Å². The summed E-state index contributed by atoms with van der Waals surface area (Å²) < 4.78 is 0. The molecule has 2 aliphatic rings. The van der Waals surface area contributed by atoms with Crippen LogP contribution in [0.2, 0.25) is 5.02 Å². The average molecular weight is 297 g/mol. The lowest BCUT2D eigenvalue weighted by Gasteiger charge is -2.25. The van der Waals surface area contributed by atoms with Gasteiger partial charge in [0.2, 0.25) is 0 Å². The number of hydrogen-bond acceptors (Lipinski definition) is 3. The van der Waals surface area contributed by atoms with E-state index in [1.807, 2.05) is 48.5 Å². The van der Waals surface area contributed by atoms with Gasteiger partial charge in [0, 0.05) is 22.9 Å². The molecule has 2 aromatic carbocycles. The molecule has 0 unspecified atom stereocenters. The second-order valence-corrected chi connectivity index (χ2v) is 6.06. The summed E-state index contributed by atoms with van der Waals surface area (Å²) in [5.41, 5.74) is 2.11. The Balaban J connectivity index is 1.81. The van der Waals surface area contributed by atoms with Gasteiger partial charge in [0.05, 0.1) is 6.54 Å². The number of Topliss-reactive ketones (excluding diaryl/α,β-unsaturated/α-hetero) is 1. The van der Waals surface area contributed by atoms with Crippen LogP contribution in [-0.2, 0) is 6.42 Å². The molecule has 0 N–H and O–H groups in total. The number of carbonyl (C=O) groups is 1. The highest BCUT2D eigenvalue weighted by Gasteiger charge is 2.54. The predicted octanol–water partition coefficient (Wildman–Crippen LogP) is 4.07. The minimum Gasteiger partial charge on any atom is -0.291 e. The van der Waals surface area contributed by atoms with E-state index in [1.165, 1.54) is 0 Å². The molecule has 0 bridgehead atoms. The molecule has 1 spiro atoms. The van der Waals surface area contributed by atoms with E-state index < -0.39 is 5.54 Å². The minimum absolute atomic E-state index is 0.0314. The van der Waals surface area contributed by atoms with Crippen LogP contribution in [0, 0.1) is 0 Å². The van der Waals surface area contributed by atoms with Gasteiger partial charge in [-0.3, -0.25) is 4.79 Å². The first-order valence-corrected chi connectivity index (χ1v) is 7.35. The second-order valence-electron chi connectivity index (χ2n) is 5.62. The Hall–Kier alpha value is -2.00. The summed E-state index contributed by atoms with van der Waals surface area (Å²) in [6.07, 6.45) is 0.628. The monoisotopic (exact) mass is 296 g/mol. The van der Waals surface area contributed by atoms with E-state index >= 15 is 0 Å². The van der Waals surface area contributed by atoms with Gasteiger partial charge < -0.3 is 0 Å². The molecule has 0 aromatic heterocycles. The molecule has 1 heterocycles. The minimum atomic E-state index is -0.769. The highest BCUT2D eigenvalue weighted by atomic mass is 35.5. The molecule has 3 nitrogen and oxygen atoms in total. The smallest absolute Gasteiger partial charge is 0.193 e. The number of fused-ring (bicyclic) bond motifs is 1. The van der Waals surface area contributed by atoms with Gasteiger partial charge >= 0.3 is 0 Å². The van der Waals surface area contributed by atoms with Crippen LogP contribution in [0.15, 0.2) is 58.8 Å². The lowest BCUT2D eigenvalue weighted by Crippen LogP contribution is -2.38. The summed E-state index contributed by atoms with van der Waals surface area (Å²) in [4.78, 5) is 12.9. The van der Waals surface area contributed by atoms with Crippen molar-refractivity contribution in [2.45, 2.75) is 17.9 Å². The number of halogens is 1. The van der Waals surface area contributed by atoms with E-state index in [0.717, 1.165) is 16.7 Å². The van der Waals surface area contributed by atoms with Crippen LogP contribution in [0.3, 0.4) is 0 Å². The fourth-order valence-electron chi connectivity index (χ4n) is 3.44. The van der Waals surface area contributed by atoms with Crippen molar-refractivity contribution in [3.05, 3.63) is 70.2 Å². The first-order chi connectivity index (χ1) is 10.2. The van der Waals surface area contributed by atoms with E-state index in [4.69, 9.17) is 11.6 Å². The number of rotatable bonds is 1. The Morgan fingerprint density at radius 3 is 2.81 bits per heavy atom. The Morgan fingerprint density at radius 1 is 1.14 bits per heavy atom. The molecule has 2 atom stereocenters. The van der Waals surface area contributed by atoms with E-state index in [9.17, 15) is 4.79 Å². The first kappa shape index (κ1) is 12.7. The Kier molecular flexibility index (Phi) is 2.73. The molecule has 0 radical (unpaired) electrons. The summed E-state index contributed by atoms with van der Waals surface area (Å²) in [5, 5.41) is 9.26. The molecule has 4 rings (SSSR count). The van der Waals surface area contributed by atoms with Crippen molar-refractivity contribution in [1.82, 2.24) is 0 Å². The molecular weight excluding hydrogens is 284 g/mol. The highest BCUT2D eigenvalue weighted by molar-refractivity contribution is 6.30. The van der Waals surface area contributed by atoms with Gasteiger partial charge in [-0.2, -0.15) is 10.2 Å². The van der Waals surface area contributed by atoms with Crippen molar-refractivity contribution in [1.29, 1.82) is 0 Å². The van der Waals surface area contributed by atoms with Crippen molar-refractivity contribution in [2.24, 2.45) is 10.2 Å². The maximum absolute atomic E-state index is 12.9. The van der Waals surface area contributed by atoms with Crippen LogP contribution in [-0.4, -0.2) is 17.9 Å². The summed E-state index contributed by atoms with van der Waals surface area (Å²) in [5.74, 6) is 0.0559. The lowest BCUT2D eigenvalue weighted by molar-refractivity contribution is 0.0897. The molecule has 0 saturated carbocycles. The van der Waals surface area contributed by atoms with Gasteiger partial charge in [-0.05, 0) is 23.3 Å². The SMILES string of the molecule is O=C1c2ccccc2C[C@@]12N=NC[C@@H]2c1cccc(Cl)c1. The third kappa shape index (κ3) is 1.77. The topological polar surface area (TPSA) is 41.8 Å². The highest BCUT2D eigenvalue weighted by Crippen LogP contribution is 2.46. The maximum Gasteiger partial charge on any atom is 0.193 e. The number of carbonyl (C=O) groups excluding carboxylic acids is 1. The Morgan fingerprint density at radius 2 is 2.00 bits per heavy atom. The fourth-order valence-corrected chi connectivity index (χ4v) is 3.63. The Labute approximate surface area is 127 Å². The predicted molar refractivity (Wildman–Crippen MR) is 81.1 cm³/mol. The largest absolute Gasteiger partial charge is 0.291 e. The summed E-state index contributed by atoms with van der Waals surface area (Å²) in [7, 11) is 0. The zero-order chi connectivity index (χ0) is 14.4. The van der Waals surface area contributed by atoms with Crippen molar-refractivity contribution in [2.75, 3.05) is 6.54 Å². The molecule has 0 amide bonds. The molecule has 1 aliphatic carbocycles. The zero-order valence-electron chi connectivity index (χ0n) is 11.3. The van der Waals surface area contributed by atoms with Crippen LogP contribution in [0.25, 0.3) is 0 Å². The summed E-state index contributed by atoms with van der Waals surface area (Å²) in [6.45, 7) is 0.542. The van der Waals surface area contributed by atoms with Crippen molar-refractivity contribution in [3.8, 4) is 0 Å². The van der Waals surface area contributed by atoms with Gasteiger partial charge in [-0.1, -0.05) is 48.0 Å². The maximum atomic E-state index is 12.9. The van der Waals surface area contributed by atoms with E-state index in [2.05, 4.69) is 10.2 Å². The van der Waals surface area contributed by atoms with Crippen LogP contribution >= 0.6 is 11.6 Å². The van der Waals surface area contributed by atoms with Gasteiger partial charge in [-0.25, -0.2) is 0 Å². The quantitative estimate of drug-likeness (QED) is 0.782. The standard InChI is InChI=1S/C17H13ClN2O/c18-13-6-3-5-11(8-13)15-10-19-20-17(15)9-12-4-1-2-7-14(12)16(17)21/h1-8,15H,9-10H2/t15-,17+/m1/s1. The molecule has 4 heteroatoms. The van der Waals surface area contributed by atoms with Gasteiger partial charge in [0.1, 0.15) is 0 Å². The van der Waals surface area contributed by atoms with E-state index in [0.29, 0.717) is 18.0 Å². The molecule has 1 aliphatic heterocycles. The molecule has 0 fully saturated rings. The molecule has 21 heavy (non-hydrogen) atoms. The van der Waals surface area contributed by atoms with Crippen LogP contribution in [0.5, 0.6) is 0 Å². The average Bonchev–Trinajstić information content (AvgIpc) is 3.03. The molecular formula is C17H13ClN2O. The number of benzene rings is 2. The van der Waals surface area contributed by atoms with Crippen LogP contribution < -0.4 is 0 Å². The zero-order valence-corrected chi connectivity index (χ0v) is 12.0. The van der Waals surface area contributed by atoms with Crippen molar-refractivity contribution in [3.63, 3.8) is 0 Å². The number of nitrogens with zero attached hydrogens (tertiary/aromatic N) is 2. The summed E-state index contributed by atoms with van der Waals surface area (Å²) in [6, 6.07) is 15.4. The number of azo groups is 1. The first-order valence-electron chi connectivity index (χ1n) is 6.97. The van der Waals surface area contributed by atoms with Crippen LogP contribution in [0.1, 0.15) is 27.4 Å². The second kappa shape index (κ2) is 4.50. The third-order valence-corrected chi connectivity index (χ3v) is 4.69. The number of ketones is 1. The van der Waals surface area contributed by atoms with Gasteiger partial charge in [0.15, 0.2) is 11.3 Å². The number of hydrogen-bond donors (Lipinski definition) is 0. The Bertz CT molecular complexity index is 771. The van der Waals surface area contributed by atoms with Crippen LogP contribution in [0.4, 0.5) is 0 Å². The van der Waals surface area contributed by atoms with E-state index in [1.54, 1.807) is 0 Å². The molecule has 2 aromatic rings. The summed E-state index contributed by atoms with van der Waals surface area (Å²) >= 11 is 6.10. The molecule has 104 valence electrons. The van der Waals surface area contributed by atoms with Gasteiger partial charge in [-0.15, -0.1) is 0 Å². The third-order valence-electron chi connectivity index (χ3n) is 4.46.